The fourth-order valence-corrected chi connectivity index (χ4v) is 3.30. The predicted octanol–water partition coefficient (Wildman–Crippen LogP) is 1.76. The lowest BCUT2D eigenvalue weighted by molar-refractivity contribution is 0.0963. The first-order chi connectivity index (χ1) is 10.2. The van der Waals surface area contributed by atoms with E-state index >= 15 is 0 Å². The maximum atomic E-state index is 11.5. The number of carbonyl (C=O) groups excluding carboxylic acids is 1. The van der Waals surface area contributed by atoms with Gasteiger partial charge in [-0.15, -0.1) is 0 Å². The van der Waals surface area contributed by atoms with E-state index in [9.17, 15) is 4.79 Å². The summed E-state index contributed by atoms with van der Waals surface area (Å²) in [5.41, 5.74) is 1.95. The summed E-state index contributed by atoms with van der Waals surface area (Å²) in [6.45, 7) is 4.41. The number of hydrogen-bond donors (Lipinski definition) is 2. The van der Waals surface area contributed by atoms with Gasteiger partial charge in [0.1, 0.15) is 0 Å². The lowest BCUT2D eigenvalue weighted by Crippen LogP contribution is -2.33. The summed E-state index contributed by atoms with van der Waals surface area (Å²) in [6, 6.07) is 10.0. The normalized spacial score (nSPS) is 26.0. The molecule has 1 aliphatic heterocycles. The average molecular weight is 287 g/mol. The topological polar surface area (TPSA) is 44.4 Å². The third-order valence-corrected chi connectivity index (χ3v) is 4.68. The van der Waals surface area contributed by atoms with Gasteiger partial charge in [-0.05, 0) is 43.9 Å². The number of benzene rings is 1. The molecule has 1 aliphatic carbocycles. The van der Waals surface area contributed by atoms with Gasteiger partial charge in [-0.25, -0.2) is 0 Å². The van der Waals surface area contributed by atoms with Crippen LogP contribution in [0.3, 0.4) is 0 Å². The van der Waals surface area contributed by atoms with Crippen LogP contribution in [0.25, 0.3) is 0 Å². The number of amides is 1. The van der Waals surface area contributed by atoms with E-state index in [-0.39, 0.29) is 5.91 Å². The van der Waals surface area contributed by atoms with E-state index < -0.39 is 0 Å². The largest absolute Gasteiger partial charge is 0.355 e. The lowest BCUT2D eigenvalue weighted by Gasteiger charge is -2.19. The Morgan fingerprint density at radius 2 is 2.00 bits per heavy atom. The Morgan fingerprint density at radius 3 is 2.62 bits per heavy atom. The molecule has 114 valence electrons. The van der Waals surface area contributed by atoms with Gasteiger partial charge < -0.3 is 10.6 Å². The van der Waals surface area contributed by atoms with E-state index in [1.54, 1.807) is 7.05 Å². The van der Waals surface area contributed by atoms with Gasteiger partial charge in [-0.3, -0.25) is 9.69 Å². The van der Waals surface area contributed by atoms with Gasteiger partial charge in [0.05, 0.1) is 0 Å². The molecule has 0 spiro atoms. The minimum absolute atomic E-state index is 0.0285. The summed E-state index contributed by atoms with van der Waals surface area (Å²) in [6.07, 6.45) is 4.02. The molecule has 3 rings (SSSR count). The highest BCUT2D eigenvalue weighted by atomic mass is 16.1. The van der Waals surface area contributed by atoms with Crippen LogP contribution in [-0.4, -0.2) is 42.5 Å². The molecule has 2 unspecified atom stereocenters. The Morgan fingerprint density at radius 1 is 1.29 bits per heavy atom. The van der Waals surface area contributed by atoms with Crippen LogP contribution in [0.15, 0.2) is 24.3 Å². The summed E-state index contributed by atoms with van der Waals surface area (Å²) >= 11 is 0. The summed E-state index contributed by atoms with van der Waals surface area (Å²) in [5.74, 6) is -0.0285. The molecule has 1 heterocycles. The van der Waals surface area contributed by atoms with Crippen molar-refractivity contribution in [3.8, 4) is 0 Å². The Balaban J connectivity index is 1.50. The molecule has 2 N–H and O–H groups in total. The molecule has 2 atom stereocenters. The van der Waals surface area contributed by atoms with Gasteiger partial charge in [0.25, 0.3) is 5.91 Å². The quantitative estimate of drug-likeness (QED) is 0.867. The van der Waals surface area contributed by atoms with Gasteiger partial charge in [-0.1, -0.05) is 12.1 Å². The van der Waals surface area contributed by atoms with Crippen molar-refractivity contribution in [1.82, 2.24) is 15.5 Å². The smallest absolute Gasteiger partial charge is 0.251 e. The van der Waals surface area contributed by atoms with Crippen LogP contribution in [0.2, 0.25) is 0 Å². The van der Waals surface area contributed by atoms with Gasteiger partial charge >= 0.3 is 0 Å². The van der Waals surface area contributed by atoms with Crippen molar-refractivity contribution >= 4 is 5.91 Å². The van der Waals surface area contributed by atoms with Gasteiger partial charge in [0.2, 0.25) is 0 Å². The lowest BCUT2D eigenvalue weighted by atomic mass is 10.1. The Hall–Kier alpha value is -1.39. The van der Waals surface area contributed by atoms with Gasteiger partial charge in [-0.2, -0.15) is 0 Å². The first-order valence-corrected chi connectivity index (χ1v) is 7.97. The van der Waals surface area contributed by atoms with E-state index in [0.29, 0.717) is 12.1 Å². The van der Waals surface area contributed by atoms with E-state index in [2.05, 4.69) is 22.5 Å². The zero-order chi connectivity index (χ0) is 14.8. The molecule has 1 saturated carbocycles. The second kappa shape index (κ2) is 6.16. The fraction of sp³-hybridized carbons (Fsp3) is 0.588. The van der Waals surface area contributed by atoms with Crippen molar-refractivity contribution in [2.45, 2.75) is 50.9 Å². The highest BCUT2D eigenvalue weighted by Crippen LogP contribution is 2.33. The number of likely N-dealkylation sites (tertiary alicyclic amines) is 1. The van der Waals surface area contributed by atoms with Crippen molar-refractivity contribution in [3.05, 3.63) is 35.4 Å². The molecule has 0 radical (unpaired) electrons. The minimum Gasteiger partial charge on any atom is -0.355 e. The standard InChI is InChI=1S/C17H25N3O/c1-12-9-15(11-20(12)16-7-8-16)19-10-13-3-5-14(6-4-13)17(21)18-2/h3-6,12,15-16,19H,7-11H2,1-2H3,(H,18,21). The van der Waals surface area contributed by atoms with E-state index in [4.69, 9.17) is 0 Å². The van der Waals surface area contributed by atoms with E-state index in [1.165, 1.54) is 31.4 Å². The molecular weight excluding hydrogens is 262 g/mol. The summed E-state index contributed by atoms with van der Waals surface area (Å²) < 4.78 is 0. The molecule has 1 saturated heterocycles. The third kappa shape index (κ3) is 3.44. The van der Waals surface area contributed by atoms with E-state index in [1.807, 2.05) is 24.3 Å². The zero-order valence-electron chi connectivity index (χ0n) is 12.9. The molecule has 1 amide bonds. The van der Waals surface area contributed by atoms with Crippen LogP contribution < -0.4 is 10.6 Å². The molecule has 0 bridgehead atoms. The molecule has 4 nitrogen and oxygen atoms in total. The van der Waals surface area contributed by atoms with Gasteiger partial charge in [0, 0.05) is 43.8 Å². The first-order valence-electron chi connectivity index (χ1n) is 7.97. The summed E-state index contributed by atoms with van der Waals surface area (Å²) in [4.78, 5) is 14.2. The van der Waals surface area contributed by atoms with Crippen LogP contribution in [0.5, 0.6) is 0 Å². The van der Waals surface area contributed by atoms with Crippen molar-refractivity contribution < 1.29 is 4.79 Å². The highest BCUT2D eigenvalue weighted by molar-refractivity contribution is 5.93. The summed E-state index contributed by atoms with van der Waals surface area (Å²) in [5, 5.41) is 6.30. The molecule has 1 aromatic rings. The molecular formula is C17H25N3O. The maximum absolute atomic E-state index is 11.5. The first kappa shape index (κ1) is 14.5. The fourth-order valence-electron chi connectivity index (χ4n) is 3.30. The van der Waals surface area contributed by atoms with Crippen LogP contribution in [0.4, 0.5) is 0 Å². The molecule has 2 fully saturated rings. The number of hydrogen-bond acceptors (Lipinski definition) is 3. The molecule has 0 aromatic heterocycles. The number of rotatable bonds is 5. The van der Waals surface area contributed by atoms with Crippen molar-refractivity contribution in [2.24, 2.45) is 0 Å². The van der Waals surface area contributed by atoms with Crippen LogP contribution in [0, 0.1) is 0 Å². The monoisotopic (exact) mass is 287 g/mol. The van der Waals surface area contributed by atoms with E-state index in [0.717, 1.165) is 18.2 Å². The van der Waals surface area contributed by atoms with Crippen LogP contribution in [0.1, 0.15) is 42.1 Å². The third-order valence-electron chi connectivity index (χ3n) is 4.68. The van der Waals surface area contributed by atoms with Crippen molar-refractivity contribution in [3.63, 3.8) is 0 Å². The minimum atomic E-state index is -0.0285. The van der Waals surface area contributed by atoms with Gasteiger partial charge in [0.15, 0.2) is 0 Å². The van der Waals surface area contributed by atoms with Crippen LogP contribution in [-0.2, 0) is 6.54 Å². The zero-order valence-corrected chi connectivity index (χ0v) is 12.9. The highest BCUT2D eigenvalue weighted by Gasteiger charge is 2.38. The number of nitrogens with one attached hydrogen (secondary N) is 2. The molecule has 1 aromatic carbocycles. The predicted molar refractivity (Wildman–Crippen MR) is 84.3 cm³/mol. The van der Waals surface area contributed by atoms with Crippen molar-refractivity contribution in [1.29, 1.82) is 0 Å². The van der Waals surface area contributed by atoms with Crippen LogP contribution >= 0.6 is 0 Å². The molecule has 2 aliphatic rings. The number of carbonyl (C=O) groups is 1. The SMILES string of the molecule is CNC(=O)c1ccc(CNC2CC(C)N(C3CC3)C2)cc1. The second-order valence-corrected chi connectivity index (χ2v) is 6.37. The molecule has 21 heavy (non-hydrogen) atoms. The average Bonchev–Trinajstić information content (AvgIpc) is 3.28. The number of nitrogens with zero attached hydrogens (tertiary/aromatic N) is 1. The maximum Gasteiger partial charge on any atom is 0.251 e. The Kier molecular flexibility index (Phi) is 4.27. The Bertz CT molecular complexity index is 495. The second-order valence-electron chi connectivity index (χ2n) is 6.37. The van der Waals surface area contributed by atoms with Crippen molar-refractivity contribution in [2.75, 3.05) is 13.6 Å². The summed E-state index contributed by atoms with van der Waals surface area (Å²) in [7, 11) is 1.66. The molecule has 4 heteroatoms. The Labute approximate surface area is 126 Å².